The molecule has 1 amide bonds. The number of rotatable bonds is 5. The van der Waals surface area contributed by atoms with Crippen molar-refractivity contribution < 1.29 is 13.2 Å². The molecule has 24 heavy (non-hydrogen) atoms. The molecule has 0 unspecified atom stereocenters. The number of amides is 1. The number of sulfonamides is 1. The van der Waals surface area contributed by atoms with Gasteiger partial charge < -0.3 is 5.32 Å². The number of hydrogen-bond acceptors (Lipinski definition) is 3. The van der Waals surface area contributed by atoms with Gasteiger partial charge in [0.05, 0.1) is 11.9 Å². The SMILES string of the molecule is Cc1ccc(NC(=O)CN(c2cc(C)ccc2C)S(C)(=O)=O)cc1. The maximum atomic E-state index is 12.3. The number of carbonyl (C=O) groups excluding carboxylic acids is 1. The predicted molar refractivity (Wildman–Crippen MR) is 97.9 cm³/mol. The zero-order valence-electron chi connectivity index (χ0n) is 14.3. The molecule has 0 spiro atoms. The van der Waals surface area contributed by atoms with Gasteiger partial charge in [0, 0.05) is 5.69 Å². The van der Waals surface area contributed by atoms with Crippen LogP contribution >= 0.6 is 0 Å². The summed E-state index contributed by atoms with van der Waals surface area (Å²) in [5, 5.41) is 2.73. The maximum Gasteiger partial charge on any atom is 0.245 e. The van der Waals surface area contributed by atoms with Crippen LogP contribution in [0.2, 0.25) is 0 Å². The Labute approximate surface area is 143 Å². The van der Waals surface area contributed by atoms with Gasteiger partial charge in [0.15, 0.2) is 0 Å². The van der Waals surface area contributed by atoms with Crippen LogP contribution in [0.15, 0.2) is 42.5 Å². The Balaban J connectivity index is 2.25. The first-order valence-corrected chi connectivity index (χ1v) is 9.43. The topological polar surface area (TPSA) is 66.5 Å². The molecule has 0 saturated heterocycles. The number of nitrogens with one attached hydrogen (secondary N) is 1. The van der Waals surface area contributed by atoms with Crippen molar-refractivity contribution in [3.05, 3.63) is 59.2 Å². The van der Waals surface area contributed by atoms with Gasteiger partial charge in [-0.15, -0.1) is 0 Å². The normalized spacial score (nSPS) is 11.2. The van der Waals surface area contributed by atoms with Crippen molar-refractivity contribution in [2.24, 2.45) is 0 Å². The van der Waals surface area contributed by atoms with Crippen LogP contribution in [0.4, 0.5) is 11.4 Å². The maximum absolute atomic E-state index is 12.3. The molecule has 6 heteroatoms. The Bertz CT molecular complexity index is 843. The molecule has 0 heterocycles. The van der Waals surface area contributed by atoms with Crippen LogP contribution in [0.25, 0.3) is 0 Å². The van der Waals surface area contributed by atoms with Crippen molar-refractivity contribution in [2.45, 2.75) is 20.8 Å². The molecule has 0 radical (unpaired) electrons. The molecular weight excluding hydrogens is 324 g/mol. The summed E-state index contributed by atoms with van der Waals surface area (Å²) in [4.78, 5) is 12.3. The third kappa shape index (κ3) is 4.58. The van der Waals surface area contributed by atoms with Crippen molar-refractivity contribution in [2.75, 3.05) is 22.4 Å². The summed E-state index contributed by atoms with van der Waals surface area (Å²) < 4.78 is 25.5. The van der Waals surface area contributed by atoms with Gasteiger partial charge in [-0.05, 0) is 50.1 Å². The number of hydrogen-bond donors (Lipinski definition) is 1. The van der Waals surface area contributed by atoms with Gasteiger partial charge in [0.1, 0.15) is 6.54 Å². The van der Waals surface area contributed by atoms with E-state index in [1.165, 1.54) is 0 Å². The summed E-state index contributed by atoms with van der Waals surface area (Å²) in [6.45, 7) is 5.40. The highest BCUT2D eigenvalue weighted by Crippen LogP contribution is 2.24. The standard InChI is InChI=1S/C18H22N2O3S/c1-13-6-9-16(10-7-13)19-18(21)12-20(24(4,22)23)17-11-14(2)5-8-15(17)3/h5-11H,12H2,1-4H3,(H,19,21). The molecule has 1 N–H and O–H groups in total. The van der Waals surface area contributed by atoms with Crippen molar-refractivity contribution in [3.63, 3.8) is 0 Å². The zero-order valence-corrected chi connectivity index (χ0v) is 15.1. The van der Waals surface area contributed by atoms with Crippen LogP contribution < -0.4 is 9.62 Å². The second kappa shape index (κ2) is 7.05. The van der Waals surface area contributed by atoms with E-state index in [-0.39, 0.29) is 12.5 Å². The highest BCUT2D eigenvalue weighted by atomic mass is 32.2. The minimum Gasteiger partial charge on any atom is -0.325 e. The molecule has 2 aromatic rings. The molecule has 0 aromatic heterocycles. The minimum atomic E-state index is -3.58. The average molecular weight is 346 g/mol. The molecule has 0 bridgehead atoms. The number of benzene rings is 2. The Morgan fingerprint density at radius 3 is 2.17 bits per heavy atom. The van der Waals surface area contributed by atoms with E-state index < -0.39 is 10.0 Å². The second-order valence-electron chi connectivity index (χ2n) is 5.97. The molecule has 0 aliphatic heterocycles. The highest BCUT2D eigenvalue weighted by Gasteiger charge is 2.22. The molecule has 2 rings (SSSR count). The predicted octanol–water partition coefficient (Wildman–Crippen LogP) is 3.02. The molecule has 0 fully saturated rings. The molecule has 0 aliphatic carbocycles. The third-order valence-electron chi connectivity index (χ3n) is 3.66. The van der Waals surface area contributed by atoms with Crippen molar-refractivity contribution in [1.29, 1.82) is 0 Å². The molecule has 0 aliphatic rings. The number of carbonyl (C=O) groups is 1. The van der Waals surface area contributed by atoms with Gasteiger partial charge in [0.25, 0.3) is 0 Å². The summed E-state index contributed by atoms with van der Waals surface area (Å²) in [5.74, 6) is -0.384. The summed E-state index contributed by atoms with van der Waals surface area (Å²) >= 11 is 0. The lowest BCUT2D eigenvalue weighted by molar-refractivity contribution is -0.114. The third-order valence-corrected chi connectivity index (χ3v) is 4.78. The van der Waals surface area contributed by atoms with E-state index >= 15 is 0 Å². The van der Waals surface area contributed by atoms with Crippen molar-refractivity contribution in [3.8, 4) is 0 Å². The Kier molecular flexibility index (Phi) is 5.29. The largest absolute Gasteiger partial charge is 0.325 e. The van der Waals surface area contributed by atoms with Gasteiger partial charge in [0.2, 0.25) is 15.9 Å². The summed E-state index contributed by atoms with van der Waals surface area (Å²) in [5.41, 5.74) is 3.98. The first kappa shape index (κ1) is 18.0. The van der Waals surface area contributed by atoms with E-state index in [9.17, 15) is 13.2 Å². The fraction of sp³-hybridized carbons (Fsp3) is 0.278. The fourth-order valence-electron chi connectivity index (χ4n) is 2.34. The molecule has 2 aromatic carbocycles. The van der Waals surface area contributed by atoms with Crippen LogP contribution in [0, 0.1) is 20.8 Å². The summed E-state index contributed by atoms with van der Waals surface area (Å²) in [6, 6.07) is 12.9. The smallest absolute Gasteiger partial charge is 0.245 e. The lowest BCUT2D eigenvalue weighted by Crippen LogP contribution is -2.37. The van der Waals surface area contributed by atoms with Crippen molar-refractivity contribution >= 4 is 27.3 Å². The van der Waals surface area contributed by atoms with Crippen LogP contribution in [-0.4, -0.2) is 27.1 Å². The van der Waals surface area contributed by atoms with Crippen LogP contribution in [0.3, 0.4) is 0 Å². The molecule has 0 atom stereocenters. The van der Waals surface area contributed by atoms with E-state index in [4.69, 9.17) is 0 Å². The van der Waals surface area contributed by atoms with Crippen molar-refractivity contribution in [1.82, 2.24) is 0 Å². The Hall–Kier alpha value is -2.34. The number of anilines is 2. The van der Waals surface area contributed by atoms with Gasteiger partial charge >= 0.3 is 0 Å². The Morgan fingerprint density at radius 2 is 1.58 bits per heavy atom. The summed E-state index contributed by atoms with van der Waals surface area (Å²) in [7, 11) is -3.58. The van der Waals surface area contributed by atoms with E-state index in [1.807, 2.05) is 45.0 Å². The van der Waals surface area contributed by atoms with Gasteiger partial charge in [-0.3, -0.25) is 9.10 Å². The Morgan fingerprint density at radius 1 is 1.00 bits per heavy atom. The quantitative estimate of drug-likeness (QED) is 0.905. The second-order valence-corrected chi connectivity index (χ2v) is 7.88. The molecular formula is C18H22N2O3S. The van der Waals surface area contributed by atoms with E-state index in [0.717, 1.165) is 27.3 Å². The number of aryl methyl sites for hydroxylation is 3. The monoisotopic (exact) mass is 346 g/mol. The molecule has 128 valence electrons. The molecule has 5 nitrogen and oxygen atoms in total. The van der Waals surface area contributed by atoms with E-state index in [0.29, 0.717) is 11.4 Å². The van der Waals surface area contributed by atoms with Crippen LogP contribution in [0.5, 0.6) is 0 Å². The fourth-order valence-corrected chi connectivity index (χ4v) is 3.24. The highest BCUT2D eigenvalue weighted by molar-refractivity contribution is 7.92. The van der Waals surface area contributed by atoms with E-state index in [1.54, 1.807) is 18.2 Å². The minimum absolute atomic E-state index is 0.267. The lowest BCUT2D eigenvalue weighted by atomic mass is 10.1. The van der Waals surface area contributed by atoms with Crippen LogP contribution in [-0.2, 0) is 14.8 Å². The van der Waals surface area contributed by atoms with Gasteiger partial charge in [-0.2, -0.15) is 0 Å². The van der Waals surface area contributed by atoms with Crippen LogP contribution in [0.1, 0.15) is 16.7 Å². The van der Waals surface area contributed by atoms with Gasteiger partial charge in [-0.25, -0.2) is 8.42 Å². The lowest BCUT2D eigenvalue weighted by Gasteiger charge is -2.24. The molecule has 0 saturated carbocycles. The first-order valence-electron chi connectivity index (χ1n) is 7.58. The average Bonchev–Trinajstić information content (AvgIpc) is 2.49. The van der Waals surface area contributed by atoms with Gasteiger partial charge in [-0.1, -0.05) is 29.8 Å². The first-order chi connectivity index (χ1) is 11.2. The van der Waals surface area contributed by atoms with E-state index in [2.05, 4.69) is 5.32 Å². The summed E-state index contributed by atoms with van der Waals surface area (Å²) in [6.07, 6.45) is 1.11. The number of nitrogens with zero attached hydrogens (tertiary/aromatic N) is 1. The zero-order chi connectivity index (χ0) is 17.9.